The van der Waals surface area contributed by atoms with Crippen LogP contribution in [-0.2, 0) is 4.79 Å². The number of rotatable bonds is 4. The highest BCUT2D eigenvalue weighted by Gasteiger charge is 2.37. The molecule has 0 saturated carbocycles. The first-order chi connectivity index (χ1) is 10.4. The van der Waals surface area contributed by atoms with Crippen LogP contribution in [0.4, 0.5) is 23.2 Å². The summed E-state index contributed by atoms with van der Waals surface area (Å²) in [4.78, 5) is 17.6. The SMILES string of the molecule is CCN(CC)C(=O)C1CCCN1c1c(F)c(F)nc(F)c1F. The second-order valence-electron chi connectivity index (χ2n) is 5.03. The summed E-state index contributed by atoms with van der Waals surface area (Å²) >= 11 is 0. The lowest BCUT2D eigenvalue weighted by Gasteiger charge is -2.30. The van der Waals surface area contributed by atoms with Crippen molar-refractivity contribution in [2.75, 3.05) is 24.5 Å². The normalized spacial score (nSPS) is 17.9. The van der Waals surface area contributed by atoms with Gasteiger partial charge in [-0.05, 0) is 26.7 Å². The summed E-state index contributed by atoms with van der Waals surface area (Å²) in [5.74, 6) is -6.88. The number of nitrogens with zero attached hydrogens (tertiary/aromatic N) is 3. The van der Waals surface area contributed by atoms with Gasteiger partial charge in [0, 0.05) is 19.6 Å². The molecule has 1 aliphatic rings. The van der Waals surface area contributed by atoms with Crippen LogP contribution in [0.15, 0.2) is 0 Å². The summed E-state index contributed by atoms with van der Waals surface area (Å²) < 4.78 is 54.3. The molecule has 1 saturated heterocycles. The molecule has 1 unspecified atom stereocenters. The molecule has 1 fully saturated rings. The molecule has 0 spiro atoms. The average Bonchev–Trinajstić information content (AvgIpc) is 2.96. The zero-order valence-corrected chi connectivity index (χ0v) is 12.4. The van der Waals surface area contributed by atoms with Gasteiger partial charge in [0.1, 0.15) is 11.7 Å². The number of likely N-dealkylation sites (N-methyl/N-ethyl adjacent to an activating group) is 1. The fourth-order valence-electron chi connectivity index (χ4n) is 2.77. The number of anilines is 1. The van der Waals surface area contributed by atoms with Crippen LogP contribution >= 0.6 is 0 Å². The molecule has 0 bridgehead atoms. The van der Waals surface area contributed by atoms with Gasteiger partial charge in [-0.15, -0.1) is 0 Å². The summed E-state index contributed by atoms with van der Waals surface area (Å²) in [5, 5.41) is 0. The zero-order chi connectivity index (χ0) is 16.4. The molecule has 2 heterocycles. The lowest BCUT2D eigenvalue weighted by Crippen LogP contribution is -2.46. The van der Waals surface area contributed by atoms with Crippen LogP contribution in [0.2, 0.25) is 0 Å². The Morgan fingerprint density at radius 3 is 2.23 bits per heavy atom. The molecule has 1 aromatic heterocycles. The molecule has 0 N–H and O–H groups in total. The van der Waals surface area contributed by atoms with Crippen LogP contribution in [0.3, 0.4) is 0 Å². The molecular formula is C14H17F4N3O. The Bertz CT molecular complexity index is 551. The molecule has 0 aromatic carbocycles. The van der Waals surface area contributed by atoms with Crippen molar-refractivity contribution < 1.29 is 22.4 Å². The highest BCUT2D eigenvalue weighted by molar-refractivity contribution is 5.86. The third-order valence-electron chi connectivity index (χ3n) is 3.87. The van der Waals surface area contributed by atoms with Gasteiger partial charge in [-0.25, -0.2) is 0 Å². The molecule has 1 aliphatic heterocycles. The fourth-order valence-corrected chi connectivity index (χ4v) is 2.77. The largest absolute Gasteiger partial charge is 0.354 e. The topological polar surface area (TPSA) is 36.4 Å². The number of amides is 1. The number of pyridine rings is 1. The second kappa shape index (κ2) is 6.50. The van der Waals surface area contributed by atoms with E-state index >= 15 is 0 Å². The van der Waals surface area contributed by atoms with Crippen molar-refractivity contribution in [3.63, 3.8) is 0 Å². The monoisotopic (exact) mass is 319 g/mol. The molecular weight excluding hydrogens is 302 g/mol. The van der Waals surface area contributed by atoms with Gasteiger partial charge in [-0.2, -0.15) is 22.5 Å². The first-order valence-corrected chi connectivity index (χ1v) is 7.17. The van der Waals surface area contributed by atoms with Crippen molar-refractivity contribution in [2.45, 2.75) is 32.7 Å². The van der Waals surface area contributed by atoms with Crippen molar-refractivity contribution in [3.8, 4) is 0 Å². The summed E-state index contributed by atoms with van der Waals surface area (Å²) in [7, 11) is 0. The lowest BCUT2D eigenvalue weighted by molar-refractivity contribution is -0.132. The molecule has 8 heteroatoms. The van der Waals surface area contributed by atoms with Crippen molar-refractivity contribution in [2.24, 2.45) is 0 Å². The quantitative estimate of drug-likeness (QED) is 0.632. The standard InChI is InChI=1S/C14H17F4N3O/c1-3-20(4-2)14(22)8-6-5-7-21(8)11-9(15)12(17)19-13(18)10(11)16/h8H,3-7H2,1-2H3. The van der Waals surface area contributed by atoms with E-state index in [1.165, 1.54) is 4.90 Å². The Hall–Kier alpha value is -1.86. The molecule has 22 heavy (non-hydrogen) atoms. The highest BCUT2D eigenvalue weighted by atomic mass is 19.2. The Morgan fingerprint density at radius 2 is 1.73 bits per heavy atom. The van der Waals surface area contributed by atoms with E-state index < -0.39 is 35.3 Å². The number of carbonyl (C=O) groups excluding carboxylic acids is 1. The van der Waals surface area contributed by atoms with E-state index in [-0.39, 0.29) is 12.5 Å². The third-order valence-corrected chi connectivity index (χ3v) is 3.87. The smallest absolute Gasteiger partial charge is 0.253 e. The Labute approximate surface area is 125 Å². The molecule has 1 amide bonds. The number of hydrogen-bond donors (Lipinski definition) is 0. The molecule has 122 valence electrons. The number of hydrogen-bond acceptors (Lipinski definition) is 3. The Kier molecular flexibility index (Phi) is 4.87. The van der Waals surface area contributed by atoms with Gasteiger partial charge in [0.25, 0.3) is 11.9 Å². The van der Waals surface area contributed by atoms with E-state index in [2.05, 4.69) is 4.98 Å². The van der Waals surface area contributed by atoms with Crippen molar-refractivity contribution in [1.82, 2.24) is 9.88 Å². The van der Waals surface area contributed by atoms with Gasteiger partial charge in [0.05, 0.1) is 0 Å². The van der Waals surface area contributed by atoms with Gasteiger partial charge < -0.3 is 9.80 Å². The Morgan fingerprint density at radius 1 is 1.18 bits per heavy atom. The van der Waals surface area contributed by atoms with Crippen molar-refractivity contribution >= 4 is 11.6 Å². The van der Waals surface area contributed by atoms with E-state index in [4.69, 9.17) is 0 Å². The van der Waals surface area contributed by atoms with Crippen LogP contribution in [0, 0.1) is 23.5 Å². The van der Waals surface area contributed by atoms with E-state index in [0.717, 1.165) is 4.90 Å². The maximum Gasteiger partial charge on any atom is 0.253 e. The predicted octanol–water partition coefficient (Wildman–Crippen LogP) is 2.48. The van der Waals surface area contributed by atoms with Gasteiger partial charge in [0.2, 0.25) is 17.5 Å². The van der Waals surface area contributed by atoms with Gasteiger partial charge in [-0.1, -0.05) is 0 Å². The third kappa shape index (κ3) is 2.74. The minimum Gasteiger partial charge on any atom is -0.354 e. The minimum absolute atomic E-state index is 0.147. The van der Waals surface area contributed by atoms with Crippen molar-refractivity contribution in [3.05, 3.63) is 23.5 Å². The van der Waals surface area contributed by atoms with Crippen LogP contribution in [0.25, 0.3) is 0 Å². The predicted molar refractivity (Wildman–Crippen MR) is 72.4 cm³/mol. The number of carbonyl (C=O) groups is 1. The summed E-state index contributed by atoms with van der Waals surface area (Å²) in [6.45, 7) is 4.61. The van der Waals surface area contributed by atoms with Gasteiger partial charge in [-0.3, -0.25) is 4.79 Å². The maximum absolute atomic E-state index is 13.9. The summed E-state index contributed by atoms with van der Waals surface area (Å²) in [6, 6.07) is -0.829. The van der Waals surface area contributed by atoms with Gasteiger partial charge >= 0.3 is 0 Å². The zero-order valence-electron chi connectivity index (χ0n) is 12.4. The molecule has 0 aliphatic carbocycles. The Balaban J connectivity index is 2.42. The van der Waals surface area contributed by atoms with E-state index in [1.807, 2.05) is 0 Å². The van der Waals surface area contributed by atoms with E-state index in [9.17, 15) is 22.4 Å². The number of aromatic nitrogens is 1. The molecule has 4 nitrogen and oxygen atoms in total. The maximum atomic E-state index is 13.9. The van der Waals surface area contributed by atoms with Crippen LogP contribution < -0.4 is 4.90 Å². The molecule has 1 aromatic rings. The van der Waals surface area contributed by atoms with Crippen LogP contribution in [-0.4, -0.2) is 41.5 Å². The number of halogens is 4. The fraction of sp³-hybridized carbons (Fsp3) is 0.571. The summed E-state index contributed by atoms with van der Waals surface area (Å²) in [5.41, 5.74) is -0.854. The molecule has 0 radical (unpaired) electrons. The van der Waals surface area contributed by atoms with Crippen molar-refractivity contribution in [1.29, 1.82) is 0 Å². The van der Waals surface area contributed by atoms with Crippen LogP contribution in [0.5, 0.6) is 0 Å². The van der Waals surface area contributed by atoms with E-state index in [0.29, 0.717) is 25.9 Å². The first-order valence-electron chi connectivity index (χ1n) is 7.17. The van der Waals surface area contributed by atoms with E-state index in [1.54, 1.807) is 13.8 Å². The second-order valence-corrected chi connectivity index (χ2v) is 5.03. The minimum atomic E-state index is -1.71. The van der Waals surface area contributed by atoms with Gasteiger partial charge in [0.15, 0.2) is 0 Å². The molecule has 2 rings (SSSR count). The molecule has 1 atom stereocenters. The lowest BCUT2D eigenvalue weighted by atomic mass is 10.1. The first kappa shape index (κ1) is 16.5. The summed E-state index contributed by atoms with van der Waals surface area (Å²) in [6.07, 6.45) is 0.877. The average molecular weight is 319 g/mol. The van der Waals surface area contributed by atoms with Crippen LogP contribution in [0.1, 0.15) is 26.7 Å². The highest BCUT2D eigenvalue weighted by Crippen LogP contribution is 2.32.